The third-order valence-electron chi connectivity index (χ3n) is 5.00. The average Bonchev–Trinajstić information content (AvgIpc) is 3.07. The average molecular weight is 383 g/mol. The number of aromatic nitrogens is 4. The van der Waals surface area contributed by atoms with Gasteiger partial charge in [0, 0.05) is 13.2 Å². The molecule has 0 amide bonds. The Hall–Kier alpha value is -2.87. The molecule has 8 heteroatoms. The lowest BCUT2D eigenvalue weighted by molar-refractivity contribution is 0.0483. The number of fused-ring (bicyclic) bond motifs is 1. The molecule has 1 aliphatic rings. The number of nitrogens with two attached hydrogens (primary N) is 1. The fraction of sp³-hybridized carbons (Fsp3) is 0.450. The summed E-state index contributed by atoms with van der Waals surface area (Å²) in [4.78, 5) is 13.3. The van der Waals surface area contributed by atoms with Gasteiger partial charge in [0.05, 0.1) is 20.3 Å². The molecule has 28 heavy (non-hydrogen) atoms. The number of ether oxygens (including phenoxy) is 3. The van der Waals surface area contributed by atoms with Crippen molar-refractivity contribution >= 4 is 17.0 Å². The molecule has 0 aliphatic carbocycles. The second-order valence-corrected chi connectivity index (χ2v) is 7.10. The zero-order chi connectivity index (χ0) is 19.5. The van der Waals surface area contributed by atoms with Crippen molar-refractivity contribution < 1.29 is 14.2 Å². The van der Waals surface area contributed by atoms with Gasteiger partial charge in [-0.3, -0.25) is 4.57 Å². The maximum absolute atomic E-state index is 6.13. The quantitative estimate of drug-likeness (QED) is 0.699. The molecule has 4 rings (SSSR count). The molecule has 0 bridgehead atoms. The van der Waals surface area contributed by atoms with E-state index in [1.807, 2.05) is 4.57 Å². The van der Waals surface area contributed by atoms with E-state index in [9.17, 15) is 0 Å². The summed E-state index contributed by atoms with van der Waals surface area (Å²) >= 11 is 0. The van der Waals surface area contributed by atoms with E-state index in [0.717, 1.165) is 31.6 Å². The van der Waals surface area contributed by atoms with Crippen molar-refractivity contribution in [1.29, 1.82) is 0 Å². The topological polar surface area (TPSA) is 97.3 Å². The van der Waals surface area contributed by atoms with Crippen LogP contribution in [0.5, 0.6) is 12.0 Å². The predicted octanol–water partition coefficient (Wildman–Crippen LogP) is 2.58. The highest BCUT2D eigenvalue weighted by molar-refractivity contribution is 5.83. The second-order valence-electron chi connectivity index (χ2n) is 7.10. The summed E-state index contributed by atoms with van der Waals surface area (Å²) in [6, 6.07) is 9.02. The number of benzene rings is 1. The van der Waals surface area contributed by atoms with Crippen LogP contribution in [0.4, 0.5) is 5.82 Å². The molecule has 2 aromatic heterocycles. The minimum atomic E-state index is 0.268. The third-order valence-corrected chi connectivity index (χ3v) is 5.00. The van der Waals surface area contributed by atoms with Crippen molar-refractivity contribution in [3.8, 4) is 12.0 Å². The van der Waals surface area contributed by atoms with E-state index in [0.29, 0.717) is 36.2 Å². The zero-order valence-corrected chi connectivity index (χ0v) is 16.2. The Balaban J connectivity index is 1.63. The summed E-state index contributed by atoms with van der Waals surface area (Å²) in [7, 11) is 1.58. The summed E-state index contributed by atoms with van der Waals surface area (Å²) in [6.07, 6.45) is 1.97. The highest BCUT2D eigenvalue weighted by atomic mass is 16.5. The molecule has 1 aliphatic heterocycles. The maximum Gasteiger partial charge on any atom is 0.320 e. The van der Waals surface area contributed by atoms with Gasteiger partial charge in [-0.2, -0.15) is 15.0 Å². The van der Waals surface area contributed by atoms with Crippen molar-refractivity contribution in [2.24, 2.45) is 5.92 Å². The number of imidazole rings is 1. The number of nitrogens with zero attached hydrogens (tertiary/aromatic N) is 4. The van der Waals surface area contributed by atoms with E-state index in [1.165, 1.54) is 5.56 Å². The smallest absolute Gasteiger partial charge is 0.320 e. The van der Waals surface area contributed by atoms with Crippen molar-refractivity contribution in [3.05, 3.63) is 35.4 Å². The Bertz CT molecular complexity index is 949. The van der Waals surface area contributed by atoms with Crippen LogP contribution in [0, 0.1) is 12.8 Å². The van der Waals surface area contributed by atoms with Gasteiger partial charge in [0.1, 0.15) is 0 Å². The highest BCUT2D eigenvalue weighted by Gasteiger charge is 2.20. The van der Waals surface area contributed by atoms with Crippen LogP contribution in [0.15, 0.2) is 24.3 Å². The second kappa shape index (κ2) is 8.02. The van der Waals surface area contributed by atoms with Gasteiger partial charge in [0.2, 0.25) is 0 Å². The summed E-state index contributed by atoms with van der Waals surface area (Å²) in [5.74, 6) is 0.731. The molecule has 0 radical (unpaired) electrons. The standard InChI is InChI=1S/C20H25N5O3/c1-13-3-5-14(6-4-13)11-25-18-16(22-20(25)26-2)17(21)23-19(24-18)28-12-15-7-9-27-10-8-15/h3-6,15H,7-12H2,1-2H3,(H2,21,23,24). The molecule has 0 spiro atoms. The molecular formula is C20H25N5O3. The maximum atomic E-state index is 6.13. The van der Waals surface area contributed by atoms with Crippen molar-refractivity contribution in [2.75, 3.05) is 32.7 Å². The first-order chi connectivity index (χ1) is 13.6. The Kier molecular flexibility index (Phi) is 5.29. The normalized spacial score (nSPS) is 15.1. The van der Waals surface area contributed by atoms with Crippen LogP contribution < -0.4 is 15.2 Å². The molecule has 3 aromatic rings. The monoisotopic (exact) mass is 383 g/mol. The lowest BCUT2D eigenvalue weighted by Crippen LogP contribution is -2.22. The minimum Gasteiger partial charge on any atom is -0.468 e. The minimum absolute atomic E-state index is 0.268. The zero-order valence-electron chi connectivity index (χ0n) is 16.2. The van der Waals surface area contributed by atoms with Crippen LogP contribution in [0.2, 0.25) is 0 Å². The van der Waals surface area contributed by atoms with Gasteiger partial charge in [-0.25, -0.2) is 0 Å². The molecule has 0 unspecified atom stereocenters. The first-order valence-corrected chi connectivity index (χ1v) is 9.48. The SMILES string of the molecule is COc1nc2c(N)nc(OCC3CCOCC3)nc2n1Cc1ccc(C)cc1. The van der Waals surface area contributed by atoms with E-state index in [2.05, 4.69) is 46.1 Å². The summed E-state index contributed by atoms with van der Waals surface area (Å²) in [5.41, 5.74) is 9.58. The molecular weight excluding hydrogens is 358 g/mol. The molecule has 0 saturated carbocycles. The first-order valence-electron chi connectivity index (χ1n) is 9.48. The highest BCUT2D eigenvalue weighted by Crippen LogP contribution is 2.27. The van der Waals surface area contributed by atoms with Gasteiger partial charge in [0.25, 0.3) is 6.01 Å². The Morgan fingerprint density at radius 2 is 1.89 bits per heavy atom. The van der Waals surface area contributed by atoms with Crippen LogP contribution in [-0.4, -0.2) is 46.4 Å². The molecule has 0 atom stereocenters. The van der Waals surface area contributed by atoms with E-state index >= 15 is 0 Å². The van der Waals surface area contributed by atoms with E-state index in [1.54, 1.807) is 7.11 Å². The van der Waals surface area contributed by atoms with E-state index < -0.39 is 0 Å². The molecule has 1 saturated heterocycles. The number of aryl methyl sites for hydroxylation is 1. The van der Waals surface area contributed by atoms with Gasteiger partial charge in [-0.15, -0.1) is 0 Å². The van der Waals surface area contributed by atoms with E-state index in [-0.39, 0.29) is 11.8 Å². The van der Waals surface area contributed by atoms with Crippen molar-refractivity contribution in [1.82, 2.24) is 19.5 Å². The first kappa shape index (κ1) is 18.5. The Morgan fingerprint density at radius 1 is 1.14 bits per heavy atom. The Morgan fingerprint density at radius 3 is 2.61 bits per heavy atom. The number of hydrogen-bond acceptors (Lipinski definition) is 7. The molecule has 148 valence electrons. The Labute approximate surface area is 163 Å². The lowest BCUT2D eigenvalue weighted by Gasteiger charge is -2.21. The molecule has 8 nitrogen and oxygen atoms in total. The van der Waals surface area contributed by atoms with Gasteiger partial charge < -0.3 is 19.9 Å². The van der Waals surface area contributed by atoms with Crippen LogP contribution in [0.3, 0.4) is 0 Å². The molecule has 3 heterocycles. The van der Waals surface area contributed by atoms with Crippen molar-refractivity contribution in [3.63, 3.8) is 0 Å². The van der Waals surface area contributed by atoms with Gasteiger partial charge >= 0.3 is 6.01 Å². The lowest BCUT2D eigenvalue weighted by atomic mass is 10.0. The number of anilines is 1. The summed E-state index contributed by atoms with van der Waals surface area (Å²) < 4.78 is 18.6. The number of nitrogen functional groups attached to an aromatic ring is 1. The van der Waals surface area contributed by atoms with Gasteiger partial charge in [-0.05, 0) is 31.2 Å². The summed E-state index contributed by atoms with van der Waals surface area (Å²) in [5, 5.41) is 0. The van der Waals surface area contributed by atoms with Crippen LogP contribution in [0.1, 0.15) is 24.0 Å². The molecule has 1 fully saturated rings. The summed E-state index contributed by atoms with van der Waals surface area (Å²) in [6.45, 7) is 4.73. The molecule has 1 aromatic carbocycles. The third kappa shape index (κ3) is 3.87. The fourth-order valence-corrected chi connectivity index (χ4v) is 3.33. The number of methoxy groups -OCH3 is 1. The van der Waals surface area contributed by atoms with Crippen LogP contribution >= 0.6 is 0 Å². The predicted molar refractivity (Wildman–Crippen MR) is 106 cm³/mol. The number of rotatable bonds is 6. The van der Waals surface area contributed by atoms with Crippen molar-refractivity contribution in [2.45, 2.75) is 26.3 Å². The van der Waals surface area contributed by atoms with Gasteiger partial charge in [0.15, 0.2) is 17.0 Å². The van der Waals surface area contributed by atoms with E-state index in [4.69, 9.17) is 19.9 Å². The van der Waals surface area contributed by atoms with Crippen LogP contribution in [0.25, 0.3) is 11.2 Å². The largest absolute Gasteiger partial charge is 0.468 e. The van der Waals surface area contributed by atoms with Crippen LogP contribution in [-0.2, 0) is 11.3 Å². The number of hydrogen-bond donors (Lipinski definition) is 1. The molecule has 2 N–H and O–H groups in total. The fourth-order valence-electron chi connectivity index (χ4n) is 3.33. The van der Waals surface area contributed by atoms with Gasteiger partial charge in [-0.1, -0.05) is 29.8 Å².